The van der Waals surface area contributed by atoms with Crippen molar-refractivity contribution in [3.63, 3.8) is 0 Å². The van der Waals surface area contributed by atoms with E-state index in [1.54, 1.807) is 0 Å². The second-order valence-corrected chi connectivity index (χ2v) is 2.48. The zero-order valence-electron chi connectivity index (χ0n) is 6.59. The predicted octanol–water partition coefficient (Wildman–Crippen LogP) is 2.30. The van der Waals surface area contributed by atoms with Crippen molar-refractivity contribution in [2.45, 2.75) is 13.8 Å². The lowest BCUT2D eigenvalue weighted by Gasteiger charge is -2.22. The third-order valence-electron chi connectivity index (χ3n) is 1.61. The van der Waals surface area contributed by atoms with E-state index in [9.17, 15) is 0 Å². The molecule has 0 N–H and O–H groups in total. The Labute approximate surface area is 62.3 Å². The predicted molar refractivity (Wildman–Crippen MR) is 44.4 cm³/mol. The summed E-state index contributed by atoms with van der Waals surface area (Å²) in [5.74, 6) is 0. The fourth-order valence-corrected chi connectivity index (χ4v) is 0.990. The van der Waals surface area contributed by atoms with Gasteiger partial charge in [0.1, 0.15) is 0 Å². The molecule has 0 saturated carbocycles. The highest BCUT2D eigenvalue weighted by molar-refractivity contribution is 5.30. The second-order valence-electron chi connectivity index (χ2n) is 2.48. The van der Waals surface area contributed by atoms with E-state index in [2.05, 4.69) is 37.6 Å². The molecule has 1 nitrogen and oxygen atoms in total. The van der Waals surface area contributed by atoms with E-state index in [0.29, 0.717) is 0 Å². The van der Waals surface area contributed by atoms with Gasteiger partial charge in [-0.3, -0.25) is 0 Å². The lowest BCUT2D eigenvalue weighted by Crippen LogP contribution is -2.16. The lowest BCUT2D eigenvalue weighted by atomic mass is 10.2. The van der Waals surface area contributed by atoms with Gasteiger partial charge in [-0.05, 0) is 25.5 Å². The second kappa shape index (κ2) is 2.74. The standard InChI is InChI=1S/C9H13N/c1-4-10-7-8(2)5-6-9(10)3/h5-7H,3-4H2,1-2H3. The van der Waals surface area contributed by atoms with Gasteiger partial charge in [0.05, 0.1) is 0 Å². The summed E-state index contributed by atoms with van der Waals surface area (Å²) < 4.78 is 0. The normalized spacial score (nSPS) is 17.6. The maximum atomic E-state index is 3.90. The minimum atomic E-state index is 1.00. The van der Waals surface area contributed by atoms with Crippen LogP contribution in [0.2, 0.25) is 0 Å². The molecule has 0 spiro atoms. The number of hydrogen-bond donors (Lipinski definition) is 0. The average molecular weight is 135 g/mol. The van der Waals surface area contributed by atoms with E-state index in [0.717, 1.165) is 12.2 Å². The maximum absolute atomic E-state index is 3.90. The Hall–Kier alpha value is -0.980. The molecule has 0 bridgehead atoms. The molecular weight excluding hydrogens is 122 g/mol. The molecule has 0 aromatic carbocycles. The summed E-state index contributed by atoms with van der Waals surface area (Å²) in [5.41, 5.74) is 2.36. The number of allylic oxidation sites excluding steroid dienone is 3. The van der Waals surface area contributed by atoms with Gasteiger partial charge in [0.2, 0.25) is 0 Å². The quantitative estimate of drug-likeness (QED) is 0.533. The molecule has 0 unspecified atom stereocenters. The molecule has 0 amide bonds. The first-order valence-corrected chi connectivity index (χ1v) is 3.56. The van der Waals surface area contributed by atoms with Crippen molar-refractivity contribution in [1.29, 1.82) is 0 Å². The maximum Gasteiger partial charge on any atom is 0.0333 e. The van der Waals surface area contributed by atoms with Crippen molar-refractivity contribution in [2.24, 2.45) is 0 Å². The van der Waals surface area contributed by atoms with Crippen molar-refractivity contribution in [3.8, 4) is 0 Å². The molecule has 0 radical (unpaired) electrons. The van der Waals surface area contributed by atoms with Gasteiger partial charge in [-0.25, -0.2) is 0 Å². The summed E-state index contributed by atoms with van der Waals surface area (Å²) in [6.07, 6.45) is 6.23. The van der Waals surface area contributed by atoms with E-state index in [1.807, 2.05) is 6.08 Å². The van der Waals surface area contributed by atoms with Gasteiger partial charge in [-0.1, -0.05) is 12.7 Å². The summed E-state index contributed by atoms with van der Waals surface area (Å²) in [6.45, 7) is 9.10. The first-order valence-electron chi connectivity index (χ1n) is 3.56. The van der Waals surface area contributed by atoms with Crippen LogP contribution in [0.15, 0.2) is 36.2 Å². The van der Waals surface area contributed by atoms with Crippen LogP contribution in [0.1, 0.15) is 13.8 Å². The summed E-state index contributed by atoms with van der Waals surface area (Å²) in [4.78, 5) is 2.13. The molecule has 0 aromatic rings. The molecule has 1 aliphatic rings. The fourth-order valence-electron chi connectivity index (χ4n) is 0.990. The molecule has 1 heteroatoms. The van der Waals surface area contributed by atoms with Crippen LogP contribution in [-0.4, -0.2) is 11.4 Å². The molecule has 10 heavy (non-hydrogen) atoms. The van der Waals surface area contributed by atoms with Crippen molar-refractivity contribution in [3.05, 3.63) is 36.2 Å². The highest BCUT2D eigenvalue weighted by atomic mass is 15.1. The van der Waals surface area contributed by atoms with Crippen LogP contribution < -0.4 is 0 Å². The Bertz CT molecular complexity index is 199. The highest BCUT2D eigenvalue weighted by Gasteiger charge is 2.02. The summed E-state index contributed by atoms with van der Waals surface area (Å²) in [5, 5.41) is 0. The first kappa shape index (κ1) is 7.13. The van der Waals surface area contributed by atoms with E-state index >= 15 is 0 Å². The monoisotopic (exact) mass is 135 g/mol. The molecule has 1 rings (SSSR count). The van der Waals surface area contributed by atoms with Crippen molar-refractivity contribution in [2.75, 3.05) is 6.54 Å². The number of rotatable bonds is 1. The third-order valence-corrected chi connectivity index (χ3v) is 1.61. The van der Waals surface area contributed by atoms with Crippen LogP contribution in [-0.2, 0) is 0 Å². The molecule has 0 atom stereocenters. The number of nitrogens with zero attached hydrogens (tertiary/aromatic N) is 1. The largest absolute Gasteiger partial charge is 0.348 e. The fraction of sp³-hybridized carbons (Fsp3) is 0.333. The van der Waals surface area contributed by atoms with Crippen molar-refractivity contribution < 1.29 is 0 Å². The number of likely N-dealkylation sites (N-methyl/N-ethyl adjacent to an activating group) is 1. The SMILES string of the molecule is C=C1C=CC(C)=CN1CC. The van der Waals surface area contributed by atoms with Gasteiger partial charge in [-0.2, -0.15) is 0 Å². The van der Waals surface area contributed by atoms with Gasteiger partial charge in [0.25, 0.3) is 0 Å². The van der Waals surface area contributed by atoms with Crippen LogP contribution in [0.4, 0.5) is 0 Å². The first-order chi connectivity index (χ1) is 4.74. The Morgan fingerprint density at radius 2 is 2.20 bits per heavy atom. The van der Waals surface area contributed by atoms with E-state index < -0.39 is 0 Å². The van der Waals surface area contributed by atoms with Crippen LogP contribution in [0.25, 0.3) is 0 Å². The van der Waals surface area contributed by atoms with Crippen LogP contribution >= 0.6 is 0 Å². The Kier molecular flexibility index (Phi) is 1.95. The van der Waals surface area contributed by atoms with Crippen LogP contribution in [0.5, 0.6) is 0 Å². The number of hydrogen-bond acceptors (Lipinski definition) is 1. The van der Waals surface area contributed by atoms with Gasteiger partial charge in [-0.15, -0.1) is 0 Å². The van der Waals surface area contributed by atoms with E-state index in [1.165, 1.54) is 5.57 Å². The van der Waals surface area contributed by atoms with E-state index in [-0.39, 0.29) is 0 Å². The zero-order valence-corrected chi connectivity index (χ0v) is 6.59. The van der Waals surface area contributed by atoms with Crippen LogP contribution in [0, 0.1) is 0 Å². The molecule has 54 valence electrons. The van der Waals surface area contributed by atoms with Crippen molar-refractivity contribution in [1.82, 2.24) is 4.90 Å². The molecule has 0 aliphatic carbocycles. The van der Waals surface area contributed by atoms with Gasteiger partial charge in [0, 0.05) is 18.4 Å². The Morgan fingerprint density at radius 1 is 1.50 bits per heavy atom. The van der Waals surface area contributed by atoms with Gasteiger partial charge >= 0.3 is 0 Å². The molecule has 1 heterocycles. The smallest absolute Gasteiger partial charge is 0.0333 e. The van der Waals surface area contributed by atoms with Crippen LogP contribution in [0.3, 0.4) is 0 Å². The van der Waals surface area contributed by atoms with Gasteiger partial charge in [0.15, 0.2) is 0 Å². The molecular formula is C9H13N. The van der Waals surface area contributed by atoms with Gasteiger partial charge < -0.3 is 4.90 Å². The topological polar surface area (TPSA) is 3.24 Å². The zero-order chi connectivity index (χ0) is 7.56. The third kappa shape index (κ3) is 1.29. The minimum absolute atomic E-state index is 1.00. The molecule has 0 aromatic heterocycles. The highest BCUT2D eigenvalue weighted by Crippen LogP contribution is 2.13. The Morgan fingerprint density at radius 3 is 2.70 bits per heavy atom. The van der Waals surface area contributed by atoms with Crippen molar-refractivity contribution >= 4 is 0 Å². The molecule has 0 saturated heterocycles. The Balaban J connectivity index is 2.76. The van der Waals surface area contributed by atoms with E-state index in [4.69, 9.17) is 0 Å². The average Bonchev–Trinajstić information content (AvgIpc) is 1.94. The summed E-state index contributed by atoms with van der Waals surface area (Å²) >= 11 is 0. The summed E-state index contributed by atoms with van der Waals surface area (Å²) in [6, 6.07) is 0. The summed E-state index contributed by atoms with van der Waals surface area (Å²) in [7, 11) is 0. The molecule has 0 fully saturated rings. The lowest BCUT2D eigenvalue weighted by molar-refractivity contribution is 0.501. The minimum Gasteiger partial charge on any atom is -0.348 e. The molecule has 1 aliphatic heterocycles.